The first kappa shape index (κ1) is 30.3. The molecule has 5 rings (SSSR count). The highest BCUT2D eigenvalue weighted by Crippen LogP contribution is 2.26. The number of carbonyl (C=O) groups is 6. The quantitative estimate of drug-likeness (QED) is 0.483. The van der Waals surface area contributed by atoms with E-state index >= 15 is 0 Å². The van der Waals surface area contributed by atoms with Crippen molar-refractivity contribution in [3.05, 3.63) is 35.9 Å². The molecule has 13 nitrogen and oxygen atoms in total. The SMILES string of the molecule is C[C@@H]1NC(=O)[C@@H]2CCCCN2C(=O)[C@@H]2CCCN2C(=O)[C@@H](NC(=O)OCc2ccccc2)COC(=O)[C@@H]2CCCN2C1=O. The first-order valence-electron chi connectivity index (χ1n) is 15.1. The first-order chi connectivity index (χ1) is 20.7. The van der Waals surface area contributed by atoms with Crippen LogP contribution >= 0.6 is 0 Å². The number of esters is 1. The van der Waals surface area contributed by atoms with E-state index in [4.69, 9.17) is 9.47 Å². The maximum Gasteiger partial charge on any atom is 0.408 e. The van der Waals surface area contributed by atoms with Crippen molar-refractivity contribution in [3.8, 4) is 0 Å². The molecule has 0 bridgehead atoms. The number of nitrogens with zero attached hydrogens (tertiary/aromatic N) is 3. The Balaban J connectivity index is 1.41. The number of amides is 5. The van der Waals surface area contributed by atoms with Crippen molar-refractivity contribution in [3.63, 3.8) is 0 Å². The second-order valence-corrected chi connectivity index (χ2v) is 11.5. The van der Waals surface area contributed by atoms with Gasteiger partial charge in [-0.1, -0.05) is 30.3 Å². The third-order valence-electron chi connectivity index (χ3n) is 8.64. The molecule has 0 unspecified atom stereocenters. The number of fused-ring (bicyclic) bond motifs is 3. The van der Waals surface area contributed by atoms with Gasteiger partial charge < -0.3 is 34.8 Å². The predicted octanol–water partition coefficient (Wildman–Crippen LogP) is 0.706. The summed E-state index contributed by atoms with van der Waals surface area (Å²) in [7, 11) is 0. The molecule has 0 aliphatic carbocycles. The summed E-state index contributed by atoms with van der Waals surface area (Å²) in [6.07, 6.45) is 2.91. The fourth-order valence-electron chi connectivity index (χ4n) is 6.39. The number of hydrogen-bond donors (Lipinski definition) is 2. The van der Waals surface area contributed by atoms with E-state index in [2.05, 4.69) is 10.6 Å². The predicted molar refractivity (Wildman–Crippen MR) is 151 cm³/mol. The van der Waals surface area contributed by atoms with Gasteiger partial charge in [0.05, 0.1) is 0 Å². The minimum Gasteiger partial charge on any atom is -0.461 e. The smallest absolute Gasteiger partial charge is 0.408 e. The van der Waals surface area contributed by atoms with Crippen molar-refractivity contribution < 1.29 is 38.2 Å². The molecule has 13 heteroatoms. The van der Waals surface area contributed by atoms with Gasteiger partial charge in [-0.25, -0.2) is 9.59 Å². The number of hydrogen-bond acceptors (Lipinski definition) is 8. The van der Waals surface area contributed by atoms with E-state index in [1.165, 1.54) is 14.7 Å². The van der Waals surface area contributed by atoms with Gasteiger partial charge in [-0.2, -0.15) is 0 Å². The minimum absolute atomic E-state index is 0.0338. The Labute approximate surface area is 250 Å². The molecule has 4 saturated heterocycles. The summed E-state index contributed by atoms with van der Waals surface area (Å²) < 4.78 is 10.9. The van der Waals surface area contributed by atoms with E-state index in [0.29, 0.717) is 51.6 Å². The summed E-state index contributed by atoms with van der Waals surface area (Å²) >= 11 is 0. The van der Waals surface area contributed by atoms with Crippen LogP contribution in [0, 0.1) is 0 Å². The van der Waals surface area contributed by atoms with Crippen LogP contribution in [0.1, 0.15) is 57.4 Å². The van der Waals surface area contributed by atoms with Crippen molar-refractivity contribution in [2.45, 2.75) is 88.7 Å². The van der Waals surface area contributed by atoms with E-state index in [0.717, 1.165) is 12.0 Å². The lowest BCUT2D eigenvalue weighted by atomic mass is 9.99. The highest BCUT2D eigenvalue weighted by molar-refractivity contribution is 5.96. The van der Waals surface area contributed by atoms with Crippen molar-refractivity contribution in [2.24, 2.45) is 0 Å². The third kappa shape index (κ3) is 6.75. The second kappa shape index (κ2) is 13.4. The van der Waals surface area contributed by atoms with Crippen molar-refractivity contribution in [1.82, 2.24) is 25.3 Å². The van der Waals surface area contributed by atoms with Gasteiger partial charge in [0.25, 0.3) is 0 Å². The fourth-order valence-corrected chi connectivity index (χ4v) is 6.39. The van der Waals surface area contributed by atoms with Gasteiger partial charge in [0, 0.05) is 19.6 Å². The maximum atomic E-state index is 13.9. The number of cyclic esters (lactones) is 1. The number of alkyl carbamates (subject to hydrolysis) is 1. The van der Waals surface area contributed by atoms with Gasteiger partial charge in [-0.05, 0) is 57.4 Å². The molecule has 2 N–H and O–H groups in total. The van der Waals surface area contributed by atoms with Gasteiger partial charge >= 0.3 is 12.1 Å². The van der Waals surface area contributed by atoms with Gasteiger partial charge in [0.1, 0.15) is 43.4 Å². The molecule has 1 aromatic carbocycles. The fraction of sp³-hybridized carbons (Fsp3) is 0.600. The molecule has 0 spiro atoms. The van der Waals surface area contributed by atoms with E-state index in [1.54, 1.807) is 31.2 Å². The van der Waals surface area contributed by atoms with Crippen LogP contribution in [0.2, 0.25) is 0 Å². The van der Waals surface area contributed by atoms with Crippen LogP contribution in [0.15, 0.2) is 30.3 Å². The van der Waals surface area contributed by atoms with Crippen LogP contribution in [0.25, 0.3) is 0 Å². The zero-order valence-corrected chi connectivity index (χ0v) is 24.4. The van der Waals surface area contributed by atoms with E-state index in [-0.39, 0.29) is 19.1 Å². The molecule has 4 aliphatic heterocycles. The Morgan fingerprint density at radius 2 is 1.47 bits per heavy atom. The number of ether oxygens (including phenoxy) is 2. The molecular weight excluding hydrogens is 558 g/mol. The average Bonchev–Trinajstić information content (AvgIpc) is 3.71. The Kier molecular flexibility index (Phi) is 9.46. The summed E-state index contributed by atoms with van der Waals surface area (Å²) in [6.45, 7) is 1.98. The molecule has 0 radical (unpaired) electrons. The van der Waals surface area contributed by atoms with Crippen LogP contribution in [0.4, 0.5) is 4.79 Å². The molecule has 0 aromatic heterocycles. The number of carbonyl (C=O) groups excluding carboxylic acids is 6. The molecule has 43 heavy (non-hydrogen) atoms. The second-order valence-electron chi connectivity index (χ2n) is 11.5. The van der Waals surface area contributed by atoms with Crippen molar-refractivity contribution in [1.29, 1.82) is 0 Å². The average molecular weight is 598 g/mol. The van der Waals surface area contributed by atoms with Crippen LogP contribution in [-0.2, 0) is 40.1 Å². The summed E-state index contributed by atoms with van der Waals surface area (Å²) in [5.74, 6) is -2.50. The zero-order valence-electron chi connectivity index (χ0n) is 24.4. The van der Waals surface area contributed by atoms with Crippen LogP contribution < -0.4 is 10.6 Å². The Morgan fingerprint density at radius 1 is 0.837 bits per heavy atom. The van der Waals surface area contributed by atoms with Crippen LogP contribution in [-0.4, -0.2) is 107 Å². The number of piperidine rings is 1. The monoisotopic (exact) mass is 597 g/mol. The maximum absolute atomic E-state index is 13.9. The van der Waals surface area contributed by atoms with Gasteiger partial charge in [0.15, 0.2) is 0 Å². The summed E-state index contributed by atoms with van der Waals surface area (Å²) in [4.78, 5) is 84.7. The normalized spacial score (nSPS) is 28.9. The molecule has 1 aromatic rings. The lowest BCUT2D eigenvalue weighted by Gasteiger charge is -2.39. The highest BCUT2D eigenvalue weighted by atomic mass is 16.6. The molecule has 5 amide bonds. The molecule has 5 atom stereocenters. The summed E-state index contributed by atoms with van der Waals surface area (Å²) in [6, 6.07) is 4.30. The number of nitrogens with one attached hydrogen (secondary N) is 2. The van der Waals surface area contributed by atoms with E-state index in [9.17, 15) is 28.8 Å². The largest absolute Gasteiger partial charge is 0.461 e. The Morgan fingerprint density at radius 3 is 2.21 bits per heavy atom. The molecular formula is C30H39N5O8. The Bertz CT molecular complexity index is 1240. The van der Waals surface area contributed by atoms with Gasteiger partial charge in [-0.15, -0.1) is 0 Å². The summed E-state index contributed by atoms with van der Waals surface area (Å²) in [5.41, 5.74) is 0.749. The van der Waals surface area contributed by atoms with Crippen LogP contribution in [0.3, 0.4) is 0 Å². The molecule has 4 aliphatic rings. The summed E-state index contributed by atoms with van der Waals surface area (Å²) in [5, 5.41) is 5.29. The number of rotatable bonds is 3. The lowest BCUT2D eigenvalue weighted by molar-refractivity contribution is -0.157. The molecule has 4 fully saturated rings. The topological polar surface area (TPSA) is 155 Å². The zero-order chi connectivity index (χ0) is 30.5. The minimum atomic E-state index is -1.32. The van der Waals surface area contributed by atoms with Crippen molar-refractivity contribution >= 4 is 35.7 Å². The molecule has 4 heterocycles. The highest BCUT2D eigenvalue weighted by Gasteiger charge is 2.45. The van der Waals surface area contributed by atoms with Crippen molar-refractivity contribution in [2.75, 3.05) is 26.2 Å². The van der Waals surface area contributed by atoms with Crippen LogP contribution in [0.5, 0.6) is 0 Å². The lowest BCUT2D eigenvalue weighted by Crippen LogP contribution is -2.61. The van der Waals surface area contributed by atoms with Gasteiger partial charge in [0.2, 0.25) is 23.6 Å². The van der Waals surface area contributed by atoms with E-state index < -0.39 is 66.6 Å². The Hall–Kier alpha value is -4.16. The first-order valence-corrected chi connectivity index (χ1v) is 15.1. The van der Waals surface area contributed by atoms with E-state index in [1.807, 2.05) is 6.07 Å². The third-order valence-corrected chi connectivity index (χ3v) is 8.64. The standard InChI is InChI=1S/C30H39N5O8/c1-19-26(37)35-16-8-13-24(35)29(40)42-18-21(32-30(41)43-17-20-9-3-2-4-10-20)27(38)34-15-7-12-23(34)28(39)33-14-6-5-11-22(33)25(36)31-19/h2-4,9-10,19,21-24H,5-8,11-18H2,1H3,(H,31,36)(H,32,41)/t19-,21-,22-,23-,24-/m0/s1. The molecule has 0 saturated carbocycles. The number of benzene rings is 1. The van der Waals surface area contributed by atoms with Gasteiger partial charge in [-0.3, -0.25) is 19.2 Å². The molecule has 232 valence electrons.